The minimum Gasteiger partial charge on any atom is -0.460 e. The molecular formula is C10H17N5O4. The van der Waals surface area contributed by atoms with Crippen LogP contribution >= 0.6 is 0 Å². The van der Waals surface area contributed by atoms with E-state index >= 15 is 0 Å². The fraction of sp³-hybridized carbons (Fsp3) is 0.700. The van der Waals surface area contributed by atoms with E-state index in [1.165, 1.54) is 7.11 Å². The molecule has 0 aliphatic heterocycles. The lowest BCUT2D eigenvalue weighted by molar-refractivity contribution is -0.124. The standard InChI is InChI=1S/C10H17N5O4/c1-4-19-10(17)8-12-13-14-15(8)7(2)9(16)11-5-6-18-3/h7H,4-6H2,1-3H3,(H,11,16). The smallest absolute Gasteiger partial charge is 0.378 e. The first kappa shape index (κ1) is 15.0. The quantitative estimate of drug-likeness (QED) is 0.509. The number of carbonyl (C=O) groups is 2. The number of tetrazole rings is 1. The Morgan fingerprint density at radius 3 is 2.84 bits per heavy atom. The Kier molecular flexibility index (Phi) is 5.86. The molecule has 0 fully saturated rings. The maximum Gasteiger partial charge on any atom is 0.378 e. The highest BCUT2D eigenvalue weighted by molar-refractivity contribution is 5.86. The molecule has 1 N–H and O–H groups in total. The zero-order valence-electron chi connectivity index (χ0n) is 11.1. The fourth-order valence-corrected chi connectivity index (χ4v) is 1.32. The van der Waals surface area contributed by atoms with Crippen LogP contribution in [0.25, 0.3) is 0 Å². The van der Waals surface area contributed by atoms with E-state index in [1.54, 1.807) is 13.8 Å². The van der Waals surface area contributed by atoms with Crippen LogP contribution in [0.2, 0.25) is 0 Å². The van der Waals surface area contributed by atoms with Crippen LogP contribution < -0.4 is 5.32 Å². The van der Waals surface area contributed by atoms with Gasteiger partial charge >= 0.3 is 5.97 Å². The average Bonchev–Trinajstić information content (AvgIpc) is 2.87. The van der Waals surface area contributed by atoms with Gasteiger partial charge in [-0.1, -0.05) is 0 Å². The third-order valence-corrected chi connectivity index (χ3v) is 2.30. The van der Waals surface area contributed by atoms with Gasteiger partial charge in [-0.2, -0.15) is 0 Å². The molecule has 1 amide bonds. The van der Waals surface area contributed by atoms with E-state index in [4.69, 9.17) is 9.47 Å². The number of carbonyl (C=O) groups excluding carboxylic acids is 2. The molecule has 0 saturated heterocycles. The third kappa shape index (κ3) is 3.98. The van der Waals surface area contributed by atoms with Crippen LogP contribution in [0.15, 0.2) is 0 Å². The van der Waals surface area contributed by atoms with Gasteiger partial charge in [-0.3, -0.25) is 4.79 Å². The number of nitrogens with zero attached hydrogens (tertiary/aromatic N) is 4. The van der Waals surface area contributed by atoms with Gasteiger partial charge in [0, 0.05) is 13.7 Å². The van der Waals surface area contributed by atoms with Crippen molar-refractivity contribution in [2.75, 3.05) is 26.9 Å². The number of hydrogen-bond acceptors (Lipinski definition) is 7. The minimum absolute atomic E-state index is 0.101. The molecule has 106 valence electrons. The molecule has 0 aliphatic carbocycles. The first-order valence-corrected chi connectivity index (χ1v) is 5.83. The Labute approximate surface area is 110 Å². The van der Waals surface area contributed by atoms with Gasteiger partial charge in [0.2, 0.25) is 5.91 Å². The molecule has 19 heavy (non-hydrogen) atoms. The number of nitrogens with one attached hydrogen (secondary N) is 1. The van der Waals surface area contributed by atoms with Crippen molar-refractivity contribution in [3.05, 3.63) is 5.82 Å². The highest BCUT2D eigenvalue weighted by Crippen LogP contribution is 2.07. The molecule has 0 spiro atoms. The molecule has 0 bridgehead atoms. The average molecular weight is 271 g/mol. The number of aromatic nitrogens is 4. The lowest BCUT2D eigenvalue weighted by Crippen LogP contribution is -2.35. The van der Waals surface area contributed by atoms with Gasteiger partial charge in [-0.15, -0.1) is 5.10 Å². The first-order valence-electron chi connectivity index (χ1n) is 5.83. The third-order valence-electron chi connectivity index (χ3n) is 2.30. The van der Waals surface area contributed by atoms with Crippen molar-refractivity contribution >= 4 is 11.9 Å². The van der Waals surface area contributed by atoms with Crippen LogP contribution in [-0.2, 0) is 14.3 Å². The van der Waals surface area contributed by atoms with E-state index in [1.807, 2.05) is 0 Å². The number of rotatable bonds is 7. The Balaban J connectivity index is 2.71. The molecule has 1 unspecified atom stereocenters. The molecule has 9 nitrogen and oxygen atoms in total. The summed E-state index contributed by atoms with van der Waals surface area (Å²) in [6.07, 6.45) is 0. The number of esters is 1. The highest BCUT2D eigenvalue weighted by Gasteiger charge is 2.24. The minimum atomic E-state index is -0.716. The van der Waals surface area contributed by atoms with Crippen molar-refractivity contribution in [2.45, 2.75) is 19.9 Å². The molecule has 0 aliphatic rings. The van der Waals surface area contributed by atoms with Gasteiger partial charge in [0.25, 0.3) is 5.82 Å². The summed E-state index contributed by atoms with van der Waals surface area (Å²) in [6.45, 7) is 4.24. The number of methoxy groups -OCH3 is 1. The van der Waals surface area contributed by atoms with Crippen LogP contribution in [0.4, 0.5) is 0 Å². The Bertz CT molecular complexity index is 433. The Morgan fingerprint density at radius 2 is 2.21 bits per heavy atom. The predicted octanol–water partition coefficient (Wildman–Crippen LogP) is -0.827. The van der Waals surface area contributed by atoms with Crippen molar-refractivity contribution < 1.29 is 19.1 Å². The molecule has 9 heteroatoms. The van der Waals surface area contributed by atoms with Gasteiger partial charge in [0.05, 0.1) is 13.2 Å². The number of ether oxygens (including phenoxy) is 2. The van der Waals surface area contributed by atoms with Gasteiger partial charge in [0.1, 0.15) is 6.04 Å². The lowest BCUT2D eigenvalue weighted by atomic mass is 10.3. The largest absolute Gasteiger partial charge is 0.460 e. The van der Waals surface area contributed by atoms with E-state index in [9.17, 15) is 9.59 Å². The Hall–Kier alpha value is -2.03. The van der Waals surface area contributed by atoms with Crippen LogP contribution in [0.5, 0.6) is 0 Å². The van der Waals surface area contributed by atoms with Gasteiger partial charge in [0.15, 0.2) is 0 Å². The zero-order valence-corrected chi connectivity index (χ0v) is 11.1. The first-order chi connectivity index (χ1) is 9.11. The second-order valence-electron chi connectivity index (χ2n) is 3.63. The van der Waals surface area contributed by atoms with Crippen molar-refractivity contribution in [2.24, 2.45) is 0 Å². The molecule has 0 aromatic carbocycles. The van der Waals surface area contributed by atoms with E-state index in [0.29, 0.717) is 13.2 Å². The monoisotopic (exact) mass is 271 g/mol. The number of hydrogen-bond donors (Lipinski definition) is 1. The van der Waals surface area contributed by atoms with Crippen LogP contribution in [0.3, 0.4) is 0 Å². The van der Waals surface area contributed by atoms with Gasteiger partial charge in [-0.05, 0) is 24.3 Å². The summed E-state index contributed by atoms with van der Waals surface area (Å²) in [5, 5.41) is 13.2. The second kappa shape index (κ2) is 7.41. The summed E-state index contributed by atoms with van der Waals surface area (Å²) < 4.78 is 10.7. The topological polar surface area (TPSA) is 108 Å². The normalized spacial score (nSPS) is 11.9. The summed E-state index contributed by atoms with van der Waals surface area (Å²) in [4.78, 5) is 23.4. The molecular weight excluding hydrogens is 254 g/mol. The molecule has 1 aromatic rings. The Morgan fingerprint density at radius 1 is 1.47 bits per heavy atom. The van der Waals surface area contributed by atoms with Crippen LogP contribution in [0, 0.1) is 0 Å². The SMILES string of the molecule is CCOC(=O)c1nnnn1C(C)C(=O)NCCOC. The molecule has 0 radical (unpaired) electrons. The fourth-order valence-electron chi connectivity index (χ4n) is 1.32. The molecule has 1 aromatic heterocycles. The summed E-state index contributed by atoms with van der Waals surface area (Å²) in [6, 6.07) is -0.716. The van der Waals surface area contributed by atoms with Gasteiger partial charge in [-0.25, -0.2) is 9.48 Å². The molecule has 0 saturated carbocycles. The molecule has 1 atom stereocenters. The van der Waals surface area contributed by atoms with Crippen LogP contribution in [0.1, 0.15) is 30.5 Å². The van der Waals surface area contributed by atoms with Crippen molar-refractivity contribution in [1.82, 2.24) is 25.5 Å². The van der Waals surface area contributed by atoms with Crippen molar-refractivity contribution in [3.8, 4) is 0 Å². The van der Waals surface area contributed by atoms with Gasteiger partial charge < -0.3 is 14.8 Å². The maximum absolute atomic E-state index is 11.8. The predicted molar refractivity (Wildman–Crippen MR) is 63.4 cm³/mol. The highest BCUT2D eigenvalue weighted by atomic mass is 16.5. The molecule has 1 rings (SSSR count). The summed E-state index contributed by atoms with van der Waals surface area (Å²) in [5.41, 5.74) is 0. The zero-order chi connectivity index (χ0) is 14.3. The second-order valence-corrected chi connectivity index (χ2v) is 3.63. The molecule has 1 heterocycles. The number of amides is 1. The summed E-state index contributed by atoms with van der Waals surface area (Å²) in [7, 11) is 1.54. The van der Waals surface area contributed by atoms with E-state index < -0.39 is 12.0 Å². The lowest BCUT2D eigenvalue weighted by Gasteiger charge is -2.12. The van der Waals surface area contributed by atoms with Crippen molar-refractivity contribution in [1.29, 1.82) is 0 Å². The summed E-state index contributed by atoms with van der Waals surface area (Å²) >= 11 is 0. The summed E-state index contributed by atoms with van der Waals surface area (Å²) in [5.74, 6) is -1.07. The van der Waals surface area contributed by atoms with Crippen LogP contribution in [-0.4, -0.2) is 59.0 Å². The maximum atomic E-state index is 11.8. The van der Waals surface area contributed by atoms with Crippen molar-refractivity contribution in [3.63, 3.8) is 0 Å². The van der Waals surface area contributed by atoms with E-state index in [-0.39, 0.29) is 18.3 Å². The van der Waals surface area contributed by atoms with E-state index in [0.717, 1.165) is 4.68 Å². The van der Waals surface area contributed by atoms with E-state index in [2.05, 4.69) is 20.8 Å².